The second-order valence-corrected chi connectivity index (χ2v) is 6.01. The van der Waals surface area contributed by atoms with Crippen molar-refractivity contribution in [3.8, 4) is 11.1 Å². The number of rotatable bonds is 4. The van der Waals surface area contributed by atoms with Crippen molar-refractivity contribution in [1.29, 1.82) is 0 Å². The van der Waals surface area contributed by atoms with Crippen LogP contribution in [0, 0.1) is 0 Å². The van der Waals surface area contributed by atoms with Crippen molar-refractivity contribution in [1.82, 2.24) is 4.40 Å². The van der Waals surface area contributed by atoms with Crippen LogP contribution in [-0.2, 0) is 0 Å². The smallest absolute Gasteiger partial charge is 0.211 e. The molecule has 0 saturated carbocycles. The molecule has 0 radical (unpaired) electrons. The third kappa shape index (κ3) is 2.91. The van der Waals surface area contributed by atoms with Gasteiger partial charge in [-0.1, -0.05) is 18.2 Å². The monoisotopic (exact) mass is 344 g/mol. The normalized spacial score (nSPS) is 10.8. The van der Waals surface area contributed by atoms with Gasteiger partial charge in [-0.25, -0.2) is 0 Å². The highest BCUT2D eigenvalue weighted by molar-refractivity contribution is 5.98. The van der Waals surface area contributed by atoms with E-state index in [0.717, 1.165) is 22.3 Å². The molecule has 0 aliphatic carbocycles. The van der Waals surface area contributed by atoms with Gasteiger partial charge < -0.3 is 14.1 Å². The van der Waals surface area contributed by atoms with Crippen LogP contribution in [0.3, 0.4) is 0 Å². The molecule has 1 aromatic carbocycles. The minimum Gasteiger partial charge on any atom is -0.448 e. The number of carbonyl (C=O) groups is 1. The first-order valence-electron chi connectivity index (χ1n) is 8.19. The van der Waals surface area contributed by atoms with Crippen molar-refractivity contribution in [3.63, 3.8) is 0 Å². The fourth-order valence-corrected chi connectivity index (χ4v) is 2.93. The number of fused-ring (bicyclic) bond motifs is 1. The van der Waals surface area contributed by atoms with Crippen LogP contribution in [0.2, 0.25) is 0 Å². The van der Waals surface area contributed by atoms with Gasteiger partial charge in [0.1, 0.15) is 5.56 Å². The number of anilines is 2. The van der Waals surface area contributed by atoms with Crippen molar-refractivity contribution < 1.29 is 9.21 Å². The highest BCUT2D eigenvalue weighted by Crippen LogP contribution is 2.26. The second-order valence-electron chi connectivity index (χ2n) is 6.01. The SMILES string of the molecule is CC(=O)c1c(Nc2ccc(-c3cc4ccccn4c3)cc2)occc1=O. The van der Waals surface area contributed by atoms with Crippen molar-refractivity contribution >= 4 is 22.9 Å². The molecule has 4 aromatic rings. The van der Waals surface area contributed by atoms with Gasteiger partial charge in [0.05, 0.1) is 6.26 Å². The molecule has 0 amide bonds. The van der Waals surface area contributed by atoms with Gasteiger partial charge in [0.25, 0.3) is 0 Å². The summed E-state index contributed by atoms with van der Waals surface area (Å²) in [5.74, 6) is -0.175. The van der Waals surface area contributed by atoms with Crippen LogP contribution < -0.4 is 10.7 Å². The zero-order valence-electron chi connectivity index (χ0n) is 14.1. The summed E-state index contributed by atoms with van der Waals surface area (Å²) in [4.78, 5) is 23.6. The molecule has 0 aliphatic heterocycles. The van der Waals surface area contributed by atoms with E-state index in [2.05, 4.69) is 28.0 Å². The highest BCUT2D eigenvalue weighted by Gasteiger charge is 2.14. The first-order chi connectivity index (χ1) is 12.6. The summed E-state index contributed by atoms with van der Waals surface area (Å²) in [5.41, 5.74) is 3.70. The van der Waals surface area contributed by atoms with Gasteiger partial charge >= 0.3 is 0 Å². The minimum absolute atomic E-state index is 0.0234. The van der Waals surface area contributed by atoms with Gasteiger partial charge in [-0.3, -0.25) is 9.59 Å². The lowest BCUT2D eigenvalue weighted by Crippen LogP contribution is -2.14. The molecule has 0 unspecified atom stereocenters. The number of ketones is 1. The Kier molecular flexibility index (Phi) is 3.89. The Morgan fingerprint density at radius 2 is 1.85 bits per heavy atom. The summed E-state index contributed by atoms with van der Waals surface area (Å²) in [5, 5.41) is 3.01. The second kappa shape index (κ2) is 6.37. The Hall–Kier alpha value is -3.60. The summed E-state index contributed by atoms with van der Waals surface area (Å²) >= 11 is 0. The molecule has 1 N–H and O–H groups in total. The van der Waals surface area contributed by atoms with E-state index in [1.807, 2.05) is 42.6 Å². The largest absolute Gasteiger partial charge is 0.448 e. The zero-order chi connectivity index (χ0) is 18.1. The Morgan fingerprint density at radius 3 is 2.58 bits per heavy atom. The first-order valence-corrected chi connectivity index (χ1v) is 8.19. The third-order valence-electron chi connectivity index (χ3n) is 4.21. The van der Waals surface area contributed by atoms with Gasteiger partial charge in [0.2, 0.25) is 5.88 Å². The van der Waals surface area contributed by atoms with Crippen LogP contribution in [0.5, 0.6) is 0 Å². The number of hydrogen-bond donors (Lipinski definition) is 1. The van der Waals surface area contributed by atoms with E-state index in [0.29, 0.717) is 0 Å². The summed E-state index contributed by atoms with van der Waals surface area (Å²) < 4.78 is 7.39. The van der Waals surface area contributed by atoms with Crippen LogP contribution in [-0.4, -0.2) is 10.2 Å². The number of Topliss-reactive ketones (excluding diaryl/α,β-unsaturated/α-hetero) is 1. The van der Waals surface area contributed by atoms with E-state index in [1.54, 1.807) is 0 Å². The van der Waals surface area contributed by atoms with Crippen LogP contribution >= 0.6 is 0 Å². The molecule has 26 heavy (non-hydrogen) atoms. The zero-order valence-corrected chi connectivity index (χ0v) is 14.1. The summed E-state index contributed by atoms with van der Waals surface area (Å²) in [6, 6.07) is 17.1. The maximum Gasteiger partial charge on any atom is 0.211 e. The molecule has 0 spiro atoms. The molecule has 4 rings (SSSR count). The Bertz CT molecular complexity index is 1120. The fraction of sp³-hybridized carbons (Fsp3) is 0.0476. The van der Waals surface area contributed by atoms with E-state index >= 15 is 0 Å². The summed E-state index contributed by atoms with van der Waals surface area (Å²) in [6.07, 6.45) is 5.36. The van der Waals surface area contributed by atoms with Crippen molar-refractivity contribution in [2.24, 2.45) is 0 Å². The number of nitrogens with one attached hydrogen (secondary N) is 1. The maximum atomic E-state index is 11.9. The molecule has 3 heterocycles. The topological polar surface area (TPSA) is 63.7 Å². The van der Waals surface area contributed by atoms with Crippen LogP contribution in [0.1, 0.15) is 17.3 Å². The number of hydrogen-bond acceptors (Lipinski definition) is 4. The molecule has 0 saturated heterocycles. The number of nitrogens with zero attached hydrogens (tertiary/aromatic N) is 1. The van der Waals surface area contributed by atoms with Crippen LogP contribution in [0.25, 0.3) is 16.6 Å². The Labute approximate surface area is 149 Å². The van der Waals surface area contributed by atoms with E-state index in [9.17, 15) is 9.59 Å². The lowest BCUT2D eigenvalue weighted by atomic mass is 10.1. The Balaban J connectivity index is 1.64. The predicted molar refractivity (Wildman–Crippen MR) is 101 cm³/mol. The molecule has 5 nitrogen and oxygen atoms in total. The molecule has 0 bridgehead atoms. The molecule has 3 aromatic heterocycles. The fourth-order valence-electron chi connectivity index (χ4n) is 2.93. The standard InChI is InChI=1S/C21H16N2O3/c1-14(24)20-19(25)9-11-26-21(20)22-17-7-5-15(6-8-17)16-12-18-4-2-3-10-23(18)13-16/h2-13,22H,1H3. The first kappa shape index (κ1) is 15.9. The minimum atomic E-state index is -0.358. The number of aromatic nitrogens is 1. The van der Waals surface area contributed by atoms with Crippen molar-refractivity contribution in [2.75, 3.05) is 5.32 Å². The predicted octanol–water partition coefficient (Wildman–Crippen LogP) is 4.51. The molecular weight excluding hydrogens is 328 g/mol. The average molecular weight is 344 g/mol. The number of carbonyl (C=O) groups excluding carboxylic acids is 1. The molecule has 0 atom stereocenters. The van der Waals surface area contributed by atoms with Crippen molar-refractivity contribution in [3.05, 3.63) is 89.0 Å². The summed E-state index contributed by atoms with van der Waals surface area (Å²) in [6.45, 7) is 1.35. The molecule has 128 valence electrons. The third-order valence-corrected chi connectivity index (χ3v) is 4.21. The van der Waals surface area contributed by atoms with Gasteiger partial charge in [0, 0.05) is 35.2 Å². The molecule has 0 aliphatic rings. The van der Waals surface area contributed by atoms with E-state index in [-0.39, 0.29) is 22.7 Å². The maximum absolute atomic E-state index is 11.9. The van der Waals surface area contributed by atoms with E-state index in [4.69, 9.17) is 4.42 Å². The number of benzene rings is 1. The average Bonchev–Trinajstić information content (AvgIpc) is 3.06. The molecular formula is C21H16N2O3. The van der Waals surface area contributed by atoms with Gasteiger partial charge in [0.15, 0.2) is 11.2 Å². The number of pyridine rings is 1. The van der Waals surface area contributed by atoms with Gasteiger partial charge in [-0.15, -0.1) is 0 Å². The quantitative estimate of drug-likeness (QED) is 0.553. The van der Waals surface area contributed by atoms with Crippen LogP contribution in [0.4, 0.5) is 11.6 Å². The van der Waals surface area contributed by atoms with E-state index < -0.39 is 0 Å². The van der Waals surface area contributed by atoms with Gasteiger partial charge in [-0.05, 0) is 42.8 Å². The lowest BCUT2D eigenvalue weighted by molar-refractivity contribution is 0.101. The Morgan fingerprint density at radius 1 is 1.04 bits per heavy atom. The highest BCUT2D eigenvalue weighted by atomic mass is 16.3. The molecule has 5 heteroatoms. The van der Waals surface area contributed by atoms with E-state index in [1.165, 1.54) is 19.3 Å². The lowest BCUT2D eigenvalue weighted by Gasteiger charge is -2.08. The molecule has 0 fully saturated rings. The van der Waals surface area contributed by atoms with Crippen molar-refractivity contribution in [2.45, 2.75) is 6.92 Å². The summed E-state index contributed by atoms with van der Waals surface area (Å²) in [7, 11) is 0. The van der Waals surface area contributed by atoms with Gasteiger partial charge in [-0.2, -0.15) is 0 Å². The van der Waals surface area contributed by atoms with Crippen LogP contribution in [0.15, 0.2) is 82.5 Å².